The summed E-state index contributed by atoms with van der Waals surface area (Å²) >= 11 is 0. The topological polar surface area (TPSA) is 21.3 Å². The third kappa shape index (κ3) is 2.85. The van der Waals surface area contributed by atoms with Gasteiger partial charge in [0.2, 0.25) is 0 Å². The van der Waals surface area contributed by atoms with Gasteiger partial charge in [-0.15, -0.1) is 0 Å². The smallest absolute Gasteiger partial charge is 0.0588 e. The average Bonchev–Trinajstić information content (AvgIpc) is 3.03. The van der Waals surface area contributed by atoms with E-state index in [0.29, 0.717) is 18.1 Å². The van der Waals surface area contributed by atoms with E-state index in [1.54, 1.807) is 11.1 Å². The van der Waals surface area contributed by atoms with Crippen LogP contribution in [-0.4, -0.2) is 19.3 Å². The fourth-order valence-corrected chi connectivity index (χ4v) is 3.35. The van der Waals surface area contributed by atoms with E-state index in [-0.39, 0.29) is 0 Å². The highest BCUT2D eigenvalue weighted by Crippen LogP contribution is 2.26. The molecule has 1 aliphatic carbocycles. The first-order valence-corrected chi connectivity index (χ1v) is 7.70. The van der Waals surface area contributed by atoms with E-state index < -0.39 is 0 Å². The molecule has 19 heavy (non-hydrogen) atoms. The monoisotopic (exact) mass is 259 g/mol. The van der Waals surface area contributed by atoms with Gasteiger partial charge in [0.15, 0.2) is 0 Å². The fraction of sp³-hybridized carbons (Fsp3) is 0.647. The number of benzene rings is 1. The number of ether oxygens (including phenoxy) is 1. The van der Waals surface area contributed by atoms with Crippen LogP contribution in [0.1, 0.15) is 49.4 Å². The van der Waals surface area contributed by atoms with Gasteiger partial charge >= 0.3 is 0 Å². The first kappa shape index (κ1) is 13.1. The van der Waals surface area contributed by atoms with E-state index in [1.807, 2.05) is 0 Å². The second kappa shape index (κ2) is 5.64. The van der Waals surface area contributed by atoms with Gasteiger partial charge in [-0.3, -0.25) is 0 Å². The van der Waals surface area contributed by atoms with Gasteiger partial charge in [0, 0.05) is 19.2 Å². The summed E-state index contributed by atoms with van der Waals surface area (Å²) in [6.07, 6.45) is 5.49. The lowest BCUT2D eigenvalue weighted by Gasteiger charge is -2.20. The molecule has 3 rings (SSSR count). The van der Waals surface area contributed by atoms with Crippen LogP contribution in [0.2, 0.25) is 0 Å². The van der Waals surface area contributed by atoms with Crippen molar-refractivity contribution in [3.05, 3.63) is 34.9 Å². The molecule has 0 bridgehead atoms. The molecule has 0 spiro atoms. The Labute approximate surface area is 116 Å². The molecule has 1 aromatic rings. The minimum Gasteiger partial charge on any atom is -0.378 e. The van der Waals surface area contributed by atoms with Gasteiger partial charge in [-0.25, -0.2) is 0 Å². The Morgan fingerprint density at radius 1 is 1.32 bits per heavy atom. The van der Waals surface area contributed by atoms with E-state index in [1.165, 1.54) is 31.2 Å². The van der Waals surface area contributed by atoms with Crippen LogP contribution in [-0.2, 0) is 17.6 Å². The molecule has 0 radical (unpaired) electrons. The van der Waals surface area contributed by atoms with Gasteiger partial charge in [0.05, 0.1) is 6.10 Å². The Kier molecular flexibility index (Phi) is 3.90. The van der Waals surface area contributed by atoms with Gasteiger partial charge in [-0.1, -0.05) is 18.2 Å². The van der Waals surface area contributed by atoms with Crippen molar-refractivity contribution in [1.82, 2.24) is 5.32 Å². The van der Waals surface area contributed by atoms with Crippen molar-refractivity contribution in [2.24, 2.45) is 5.92 Å². The van der Waals surface area contributed by atoms with E-state index in [2.05, 4.69) is 37.4 Å². The number of aryl methyl sites for hydroxylation is 2. The Bertz CT molecular complexity index is 443. The average molecular weight is 259 g/mol. The van der Waals surface area contributed by atoms with E-state index in [9.17, 15) is 0 Å². The zero-order valence-corrected chi connectivity index (χ0v) is 12.1. The maximum Gasteiger partial charge on any atom is 0.0588 e. The van der Waals surface area contributed by atoms with Crippen molar-refractivity contribution in [2.75, 3.05) is 13.2 Å². The summed E-state index contributed by atoms with van der Waals surface area (Å²) in [6, 6.07) is 7.49. The quantitative estimate of drug-likeness (QED) is 0.896. The highest BCUT2D eigenvalue weighted by atomic mass is 16.5. The highest BCUT2D eigenvalue weighted by molar-refractivity contribution is 5.36. The second-order valence-corrected chi connectivity index (χ2v) is 6.14. The first-order valence-electron chi connectivity index (χ1n) is 7.70. The summed E-state index contributed by atoms with van der Waals surface area (Å²) in [6.45, 7) is 6.47. The number of fused-ring (bicyclic) bond motifs is 1. The Morgan fingerprint density at radius 3 is 2.95 bits per heavy atom. The van der Waals surface area contributed by atoms with Crippen molar-refractivity contribution in [3.63, 3.8) is 0 Å². The van der Waals surface area contributed by atoms with Crippen molar-refractivity contribution in [3.8, 4) is 0 Å². The molecule has 1 aliphatic heterocycles. The Balaban J connectivity index is 1.59. The maximum atomic E-state index is 5.62. The first-order chi connectivity index (χ1) is 9.24. The molecular formula is C17H25NO. The number of hydrogen-bond donors (Lipinski definition) is 1. The van der Waals surface area contributed by atoms with E-state index in [0.717, 1.165) is 13.2 Å². The van der Waals surface area contributed by atoms with Gasteiger partial charge in [-0.2, -0.15) is 0 Å². The van der Waals surface area contributed by atoms with Crippen LogP contribution in [0.3, 0.4) is 0 Å². The lowest BCUT2D eigenvalue weighted by molar-refractivity contribution is 0.105. The van der Waals surface area contributed by atoms with Crippen molar-refractivity contribution in [1.29, 1.82) is 0 Å². The van der Waals surface area contributed by atoms with Gasteiger partial charge in [0.1, 0.15) is 0 Å². The molecule has 1 saturated heterocycles. The summed E-state index contributed by atoms with van der Waals surface area (Å²) < 4.78 is 5.62. The predicted molar refractivity (Wildman–Crippen MR) is 78.4 cm³/mol. The molecule has 104 valence electrons. The lowest BCUT2D eigenvalue weighted by Crippen LogP contribution is -2.29. The molecule has 1 fully saturated rings. The van der Waals surface area contributed by atoms with E-state index in [4.69, 9.17) is 4.74 Å². The SMILES string of the molecule is CC(NCC1CCOC1C)c1ccc2c(c1)CCC2. The van der Waals surface area contributed by atoms with Crippen LogP contribution in [0.25, 0.3) is 0 Å². The molecule has 3 atom stereocenters. The predicted octanol–water partition coefficient (Wildman–Crippen LogP) is 3.25. The summed E-state index contributed by atoms with van der Waals surface area (Å²) in [7, 11) is 0. The molecular weight excluding hydrogens is 234 g/mol. The molecule has 3 unspecified atom stereocenters. The van der Waals surface area contributed by atoms with Crippen molar-refractivity contribution < 1.29 is 4.74 Å². The summed E-state index contributed by atoms with van der Waals surface area (Å²) in [5, 5.41) is 3.68. The highest BCUT2D eigenvalue weighted by Gasteiger charge is 2.24. The lowest BCUT2D eigenvalue weighted by atomic mass is 9.99. The molecule has 2 nitrogen and oxygen atoms in total. The number of nitrogens with one attached hydrogen (secondary N) is 1. The largest absolute Gasteiger partial charge is 0.378 e. The van der Waals surface area contributed by atoms with Gasteiger partial charge in [0.25, 0.3) is 0 Å². The van der Waals surface area contributed by atoms with Crippen molar-refractivity contribution in [2.45, 2.75) is 51.7 Å². The third-order valence-corrected chi connectivity index (χ3v) is 4.84. The molecule has 1 N–H and O–H groups in total. The molecule has 0 saturated carbocycles. The number of rotatable bonds is 4. The maximum absolute atomic E-state index is 5.62. The van der Waals surface area contributed by atoms with Crippen molar-refractivity contribution >= 4 is 0 Å². The zero-order chi connectivity index (χ0) is 13.2. The zero-order valence-electron chi connectivity index (χ0n) is 12.1. The fourth-order valence-electron chi connectivity index (χ4n) is 3.35. The van der Waals surface area contributed by atoms with Gasteiger partial charge in [-0.05, 0) is 62.1 Å². The molecule has 1 aromatic carbocycles. The summed E-state index contributed by atoms with van der Waals surface area (Å²) in [4.78, 5) is 0. The summed E-state index contributed by atoms with van der Waals surface area (Å²) in [5.74, 6) is 0.678. The second-order valence-electron chi connectivity index (χ2n) is 6.14. The van der Waals surface area contributed by atoms with E-state index >= 15 is 0 Å². The van der Waals surface area contributed by atoms with Crippen LogP contribution in [0.4, 0.5) is 0 Å². The molecule has 2 aliphatic rings. The minimum absolute atomic E-state index is 0.416. The summed E-state index contributed by atoms with van der Waals surface area (Å²) in [5.41, 5.74) is 4.57. The molecule has 2 heteroatoms. The molecule has 0 aromatic heterocycles. The Hall–Kier alpha value is -0.860. The minimum atomic E-state index is 0.416. The van der Waals surface area contributed by atoms with Crippen LogP contribution in [0, 0.1) is 5.92 Å². The standard InChI is InChI=1S/C17H25NO/c1-12(18-11-17-8-9-19-13(17)2)15-7-6-14-4-3-5-16(14)10-15/h6-7,10,12-13,17-18H,3-5,8-9,11H2,1-2H3. The van der Waals surface area contributed by atoms with Crippen LogP contribution in [0.15, 0.2) is 18.2 Å². The normalized spacial score (nSPS) is 27.5. The Morgan fingerprint density at radius 2 is 2.16 bits per heavy atom. The van der Waals surface area contributed by atoms with Crippen LogP contribution in [0.5, 0.6) is 0 Å². The van der Waals surface area contributed by atoms with Crippen LogP contribution >= 0.6 is 0 Å². The third-order valence-electron chi connectivity index (χ3n) is 4.84. The van der Waals surface area contributed by atoms with Gasteiger partial charge < -0.3 is 10.1 Å². The van der Waals surface area contributed by atoms with Crippen LogP contribution < -0.4 is 5.32 Å². The number of hydrogen-bond acceptors (Lipinski definition) is 2. The molecule has 1 heterocycles. The molecule has 0 amide bonds.